The van der Waals surface area contributed by atoms with Crippen molar-refractivity contribution in [3.05, 3.63) is 25.3 Å². The fourth-order valence-corrected chi connectivity index (χ4v) is 5.42. The van der Waals surface area contributed by atoms with Crippen LogP contribution in [0.15, 0.2) is 25.3 Å². The number of hydrogen-bond donors (Lipinski definition) is 3. The monoisotopic (exact) mass is 586 g/mol. The summed E-state index contributed by atoms with van der Waals surface area (Å²) in [5.41, 5.74) is -1.53. The molecule has 0 radical (unpaired) electrons. The second-order valence-corrected chi connectivity index (χ2v) is 13.4. The molecule has 10 nitrogen and oxygen atoms in total. The fourth-order valence-electron chi connectivity index (χ4n) is 4.59. The molecule has 1 saturated carbocycles. The number of likely N-dealkylation sites (tertiary alicyclic amines) is 1. The summed E-state index contributed by atoms with van der Waals surface area (Å²) in [6.07, 6.45) is 2.70. The highest BCUT2D eigenvalue weighted by molar-refractivity contribution is 6.51. The van der Waals surface area contributed by atoms with Crippen LogP contribution in [0.3, 0.4) is 0 Å². The number of amides is 4. The van der Waals surface area contributed by atoms with Crippen molar-refractivity contribution in [2.75, 3.05) is 13.1 Å². The topological polar surface area (TPSA) is 134 Å². The molecule has 218 valence electrons. The fraction of sp³-hybridized carbons (Fsp3) is 0.667. The SMILES string of the molecule is C=CCCC(NC(=O)[C@@H]1[C@@H]2C(CN1C(=O)[C@@H](NC(=O)OC(C)(C)C)C(C)(C)C)C2(Cl)Cl)C(=O)C(=O)NCC=C. The Morgan fingerprint density at radius 1 is 1.05 bits per heavy atom. The Morgan fingerprint density at radius 3 is 2.18 bits per heavy atom. The largest absolute Gasteiger partial charge is 0.444 e. The maximum Gasteiger partial charge on any atom is 0.408 e. The zero-order valence-electron chi connectivity index (χ0n) is 23.4. The van der Waals surface area contributed by atoms with Gasteiger partial charge < -0.3 is 25.6 Å². The van der Waals surface area contributed by atoms with Gasteiger partial charge in [0.25, 0.3) is 5.91 Å². The first-order valence-electron chi connectivity index (χ1n) is 12.9. The summed E-state index contributed by atoms with van der Waals surface area (Å²) in [4.78, 5) is 66.5. The molecule has 4 amide bonds. The highest BCUT2D eigenvalue weighted by Gasteiger charge is 2.74. The van der Waals surface area contributed by atoms with Gasteiger partial charge in [-0.25, -0.2) is 4.79 Å². The number of alkyl halides is 2. The summed E-state index contributed by atoms with van der Waals surface area (Å²) < 4.78 is 4.12. The van der Waals surface area contributed by atoms with Crippen molar-refractivity contribution in [2.24, 2.45) is 17.3 Å². The average Bonchev–Trinajstić information content (AvgIpc) is 3.14. The number of nitrogens with zero attached hydrogens (tertiary/aromatic N) is 1. The van der Waals surface area contributed by atoms with Gasteiger partial charge in [0.05, 0.1) is 6.04 Å². The highest BCUT2D eigenvalue weighted by Crippen LogP contribution is 2.65. The predicted molar refractivity (Wildman–Crippen MR) is 149 cm³/mol. The van der Waals surface area contributed by atoms with Crippen molar-refractivity contribution in [1.82, 2.24) is 20.9 Å². The average molecular weight is 588 g/mol. The number of carbonyl (C=O) groups is 5. The molecule has 0 aromatic carbocycles. The molecule has 2 fully saturated rings. The van der Waals surface area contributed by atoms with Gasteiger partial charge in [-0.3, -0.25) is 19.2 Å². The second kappa shape index (κ2) is 12.3. The van der Waals surface area contributed by atoms with Gasteiger partial charge in [-0.2, -0.15) is 0 Å². The van der Waals surface area contributed by atoms with Gasteiger partial charge in [-0.15, -0.1) is 36.4 Å². The van der Waals surface area contributed by atoms with Crippen LogP contribution in [0.4, 0.5) is 4.79 Å². The molecule has 1 saturated heterocycles. The van der Waals surface area contributed by atoms with E-state index in [1.165, 1.54) is 11.0 Å². The summed E-state index contributed by atoms with van der Waals surface area (Å²) >= 11 is 12.9. The van der Waals surface area contributed by atoms with Gasteiger partial charge in [0.15, 0.2) is 0 Å². The zero-order chi connectivity index (χ0) is 29.9. The van der Waals surface area contributed by atoms with Crippen LogP contribution in [-0.4, -0.2) is 75.6 Å². The van der Waals surface area contributed by atoms with Crippen molar-refractivity contribution in [3.63, 3.8) is 0 Å². The van der Waals surface area contributed by atoms with E-state index in [4.69, 9.17) is 27.9 Å². The van der Waals surface area contributed by atoms with E-state index in [0.717, 1.165) is 0 Å². The van der Waals surface area contributed by atoms with Crippen molar-refractivity contribution < 1.29 is 28.7 Å². The predicted octanol–water partition coefficient (Wildman–Crippen LogP) is 2.88. The number of halogens is 2. The molecule has 12 heteroatoms. The number of Topliss-reactive ketones (excluding diaryl/α,β-unsaturated/α-hetero) is 1. The summed E-state index contributed by atoms with van der Waals surface area (Å²) in [6.45, 7) is 17.7. The quantitative estimate of drug-likeness (QED) is 0.193. The number of allylic oxidation sites excluding steroid dienone is 1. The summed E-state index contributed by atoms with van der Waals surface area (Å²) in [7, 11) is 0. The van der Waals surface area contributed by atoms with Crippen LogP contribution in [-0.2, 0) is 23.9 Å². The zero-order valence-corrected chi connectivity index (χ0v) is 24.9. The van der Waals surface area contributed by atoms with E-state index in [-0.39, 0.29) is 25.4 Å². The number of rotatable bonds is 11. The lowest BCUT2D eigenvalue weighted by Gasteiger charge is -2.37. The van der Waals surface area contributed by atoms with Crippen LogP contribution in [0.5, 0.6) is 0 Å². The third-order valence-electron chi connectivity index (χ3n) is 6.58. The van der Waals surface area contributed by atoms with E-state index < -0.39 is 69.0 Å². The summed E-state index contributed by atoms with van der Waals surface area (Å²) in [5.74, 6) is -3.84. The van der Waals surface area contributed by atoms with Gasteiger partial charge in [0.2, 0.25) is 17.6 Å². The lowest BCUT2D eigenvalue weighted by atomic mass is 9.85. The molecule has 2 aliphatic rings. The lowest BCUT2D eigenvalue weighted by molar-refractivity contribution is -0.145. The maximum atomic E-state index is 13.8. The molecule has 1 aliphatic carbocycles. The van der Waals surface area contributed by atoms with Crippen LogP contribution in [0.1, 0.15) is 54.4 Å². The first kappa shape index (κ1) is 32.6. The number of ketones is 1. The van der Waals surface area contributed by atoms with Crippen molar-refractivity contribution in [1.29, 1.82) is 0 Å². The molecular weight excluding hydrogens is 547 g/mol. The minimum Gasteiger partial charge on any atom is -0.444 e. The smallest absolute Gasteiger partial charge is 0.408 e. The van der Waals surface area contributed by atoms with Crippen molar-refractivity contribution in [3.8, 4) is 0 Å². The van der Waals surface area contributed by atoms with Crippen molar-refractivity contribution in [2.45, 2.75) is 82.4 Å². The van der Waals surface area contributed by atoms with E-state index in [0.29, 0.717) is 6.42 Å². The van der Waals surface area contributed by atoms with Crippen molar-refractivity contribution >= 4 is 52.8 Å². The van der Waals surface area contributed by atoms with Gasteiger partial charge in [-0.05, 0) is 39.0 Å². The van der Waals surface area contributed by atoms with Gasteiger partial charge in [-0.1, -0.05) is 32.9 Å². The summed E-state index contributed by atoms with van der Waals surface area (Å²) in [5, 5.41) is 7.69. The lowest BCUT2D eigenvalue weighted by Crippen LogP contribution is -2.61. The van der Waals surface area contributed by atoms with E-state index in [1.807, 2.05) is 0 Å². The number of nitrogens with one attached hydrogen (secondary N) is 3. The Kier molecular flexibility index (Phi) is 10.3. The van der Waals surface area contributed by atoms with Crippen LogP contribution < -0.4 is 16.0 Å². The standard InChI is InChI=1S/C27H40Cl2N4O6/c1-9-11-12-16(19(34)22(36)30-13-10-2)31-21(35)18-17-15(27(17,28)29)14-33(18)23(37)20(25(3,4)5)32-24(38)39-26(6,7)8/h9-10,15-18,20H,1-2,11-14H2,3-8H3,(H,30,36)(H,31,35)(H,32,38)/t15?,16?,17-,18-,20+/m0/s1. The first-order valence-corrected chi connectivity index (χ1v) is 13.6. The van der Waals surface area contributed by atoms with E-state index in [1.54, 1.807) is 47.6 Å². The molecule has 2 unspecified atom stereocenters. The van der Waals surface area contributed by atoms with Gasteiger partial charge in [0, 0.05) is 24.9 Å². The molecule has 0 bridgehead atoms. The number of carbonyl (C=O) groups excluding carboxylic acids is 5. The van der Waals surface area contributed by atoms with Crippen LogP contribution in [0.25, 0.3) is 0 Å². The molecule has 0 spiro atoms. The molecule has 3 N–H and O–H groups in total. The minimum absolute atomic E-state index is 0.0845. The Hall–Kier alpha value is -2.59. The molecule has 1 heterocycles. The molecule has 0 aromatic heterocycles. The summed E-state index contributed by atoms with van der Waals surface area (Å²) in [6, 6.07) is -3.31. The van der Waals surface area contributed by atoms with Crippen LogP contribution in [0.2, 0.25) is 0 Å². The van der Waals surface area contributed by atoms with E-state index in [9.17, 15) is 24.0 Å². The number of ether oxygens (including phenoxy) is 1. The van der Waals surface area contributed by atoms with Crippen LogP contribution in [0, 0.1) is 17.3 Å². The Bertz CT molecular complexity index is 1020. The van der Waals surface area contributed by atoms with Gasteiger partial charge in [0.1, 0.15) is 22.0 Å². The first-order chi connectivity index (χ1) is 17.9. The van der Waals surface area contributed by atoms with Crippen LogP contribution >= 0.6 is 23.2 Å². The Morgan fingerprint density at radius 2 is 1.67 bits per heavy atom. The van der Waals surface area contributed by atoms with E-state index in [2.05, 4.69) is 29.1 Å². The normalized spacial score (nSPS) is 23.0. The molecule has 39 heavy (non-hydrogen) atoms. The number of piperidine rings is 1. The minimum atomic E-state index is -1.23. The Labute approximate surface area is 240 Å². The molecule has 2 rings (SSSR count). The number of alkyl carbamates (subject to hydrolysis) is 1. The highest BCUT2D eigenvalue weighted by atomic mass is 35.5. The molecular formula is C27H40Cl2N4O6. The molecule has 0 aromatic rings. The molecule has 1 aliphatic heterocycles. The number of fused-ring (bicyclic) bond motifs is 1. The second-order valence-electron chi connectivity index (χ2n) is 12.0. The Balaban J connectivity index is 2.32. The van der Waals surface area contributed by atoms with Gasteiger partial charge >= 0.3 is 6.09 Å². The molecule has 5 atom stereocenters. The number of hydrogen-bond acceptors (Lipinski definition) is 6. The third-order valence-corrected chi connectivity index (χ3v) is 7.65. The maximum absolute atomic E-state index is 13.8. The van der Waals surface area contributed by atoms with E-state index >= 15 is 0 Å². The third kappa shape index (κ3) is 7.97.